The van der Waals surface area contributed by atoms with E-state index in [-0.39, 0.29) is 6.61 Å². The molecule has 7 heteroatoms. The minimum absolute atomic E-state index is 0.279. The van der Waals surface area contributed by atoms with E-state index in [0.717, 1.165) is 16.5 Å². The highest BCUT2D eigenvalue weighted by atomic mass is 16.5. The van der Waals surface area contributed by atoms with Crippen molar-refractivity contribution in [3.8, 4) is 5.75 Å². The van der Waals surface area contributed by atoms with E-state index >= 15 is 0 Å². The number of ketones is 1. The molecular weight excluding hydrogens is 386 g/mol. The van der Waals surface area contributed by atoms with Gasteiger partial charge in [-0.05, 0) is 43.7 Å². The Hall–Kier alpha value is -3.45. The van der Waals surface area contributed by atoms with Gasteiger partial charge in [-0.1, -0.05) is 11.6 Å². The highest BCUT2D eigenvalue weighted by molar-refractivity contribution is 6.52. The Morgan fingerprint density at radius 3 is 2.60 bits per heavy atom. The van der Waals surface area contributed by atoms with Gasteiger partial charge in [0.05, 0.1) is 24.5 Å². The van der Waals surface area contributed by atoms with Crippen LogP contribution < -0.4 is 15.3 Å². The minimum atomic E-state index is -0.525. The van der Waals surface area contributed by atoms with Crippen molar-refractivity contribution in [2.45, 2.75) is 13.8 Å². The van der Waals surface area contributed by atoms with E-state index in [4.69, 9.17) is 13.9 Å². The lowest BCUT2D eigenvalue weighted by Crippen LogP contribution is -2.33. The van der Waals surface area contributed by atoms with Crippen LogP contribution in [0, 0.1) is 13.8 Å². The van der Waals surface area contributed by atoms with Crippen molar-refractivity contribution in [3.63, 3.8) is 0 Å². The van der Waals surface area contributed by atoms with Crippen LogP contribution in [0.1, 0.15) is 21.5 Å². The SMILES string of the molecule is Cc1ccc2c(c1)C(=O)C(=O)N2CCOCCOc1ccc2c(C)cc(=O)oc2c1. The number of nitrogens with zero attached hydrogens (tertiary/aromatic N) is 1. The molecule has 1 aliphatic rings. The number of aryl methyl sites for hydroxylation is 2. The zero-order valence-electron chi connectivity index (χ0n) is 16.8. The molecule has 1 aromatic heterocycles. The van der Waals surface area contributed by atoms with E-state index in [1.165, 1.54) is 11.0 Å². The van der Waals surface area contributed by atoms with Crippen LogP contribution in [0.2, 0.25) is 0 Å². The maximum Gasteiger partial charge on any atom is 0.336 e. The average molecular weight is 407 g/mol. The Morgan fingerprint density at radius 2 is 1.77 bits per heavy atom. The van der Waals surface area contributed by atoms with Crippen molar-refractivity contribution >= 4 is 28.3 Å². The molecule has 1 amide bonds. The summed E-state index contributed by atoms with van der Waals surface area (Å²) in [6.07, 6.45) is 0. The van der Waals surface area contributed by atoms with Crippen molar-refractivity contribution in [3.05, 3.63) is 69.6 Å². The first-order valence-corrected chi connectivity index (χ1v) is 9.66. The second kappa shape index (κ2) is 8.12. The smallest absolute Gasteiger partial charge is 0.336 e. The number of fused-ring (bicyclic) bond motifs is 2. The van der Waals surface area contributed by atoms with Gasteiger partial charge in [-0.2, -0.15) is 0 Å². The maximum absolute atomic E-state index is 12.2. The molecule has 0 unspecified atom stereocenters. The third kappa shape index (κ3) is 3.84. The lowest BCUT2D eigenvalue weighted by Gasteiger charge is -2.16. The molecule has 0 saturated carbocycles. The fourth-order valence-electron chi connectivity index (χ4n) is 3.51. The predicted molar refractivity (Wildman–Crippen MR) is 111 cm³/mol. The number of amides is 1. The summed E-state index contributed by atoms with van der Waals surface area (Å²) >= 11 is 0. The lowest BCUT2D eigenvalue weighted by molar-refractivity contribution is -0.114. The molecular formula is C23H21NO6. The molecule has 30 heavy (non-hydrogen) atoms. The minimum Gasteiger partial charge on any atom is -0.491 e. The van der Waals surface area contributed by atoms with E-state index in [9.17, 15) is 14.4 Å². The van der Waals surface area contributed by atoms with Crippen LogP contribution >= 0.6 is 0 Å². The van der Waals surface area contributed by atoms with E-state index in [1.807, 2.05) is 32.0 Å². The summed E-state index contributed by atoms with van der Waals surface area (Å²) in [5.41, 5.74) is 2.94. The van der Waals surface area contributed by atoms with Crippen LogP contribution in [-0.4, -0.2) is 38.1 Å². The Balaban J connectivity index is 1.27. The summed E-state index contributed by atoms with van der Waals surface area (Å²) in [5, 5.41) is 0.860. The normalized spacial score (nSPS) is 13.2. The number of Topliss-reactive ketones (excluding diaryl/α,β-unsaturated/α-hetero) is 1. The van der Waals surface area contributed by atoms with Gasteiger partial charge >= 0.3 is 5.63 Å². The number of hydrogen-bond donors (Lipinski definition) is 0. The molecule has 2 aromatic carbocycles. The van der Waals surface area contributed by atoms with Gasteiger partial charge in [0.15, 0.2) is 0 Å². The number of carbonyl (C=O) groups is 2. The summed E-state index contributed by atoms with van der Waals surface area (Å²) in [6.45, 7) is 4.92. The van der Waals surface area contributed by atoms with Crippen LogP contribution in [-0.2, 0) is 9.53 Å². The summed E-state index contributed by atoms with van der Waals surface area (Å²) in [5.74, 6) is -0.428. The first-order valence-electron chi connectivity index (χ1n) is 9.66. The Morgan fingerprint density at radius 1 is 0.933 bits per heavy atom. The van der Waals surface area contributed by atoms with Gasteiger partial charge < -0.3 is 18.8 Å². The van der Waals surface area contributed by atoms with Crippen molar-refractivity contribution in [2.24, 2.45) is 0 Å². The predicted octanol–water partition coefficient (Wildman–Crippen LogP) is 3.03. The van der Waals surface area contributed by atoms with Crippen molar-refractivity contribution in [2.75, 3.05) is 31.3 Å². The average Bonchev–Trinajstić information content (AvgIpc) is 2.94. The van der Waals surface area contributed by atoms with Gasteiger partial charge in [-0.15, -0.1) is 0 Å². The van der Waals surface area contributed by atoms with E-state index < -0.39 is 17.3 Å². The highest BCUT2D eigenvalue weighted by Gasteiger charge is 2.35. The standard InChI is InChI=1S/C23H21NO6/c1-14-3-6-19-18(11-14)22(26)23(27)24(19)7-8-28-9-10-29-16-4-5-17-15(2)12-21(25)30-20(17)13-16/h3-6,11-13H,7-10H2,1-2H3. The summed E-state index contributed by atoms with van der Waals surface area (Å²) in [7, 11) is 0. The molecule has 2 heterocycles. The Labute approximate surface area is 172 Å². The van der Waals surface area contributed by atoms with Crippen LogP contribution in [0.5, 0.6) is 5.75 Å². The summed E-state index contributed by atoms with van der Waals surface area (Å²) < 4.78 is 16.4. The number of benzene rings is 2. The molecule has 0 N–H and O–H groups in total. The molecule has 0 aliphatic carbocycles. The van der Waals surface area contributed by atoms with Gasteiger partial charge in [0.2, 0.25) is 0 Å². The zero-order valence-corrected chi connectivity index (χ0v) is 16.8. The molecule has 0 atom stereocenters. The molecule has 7 nitrogen and oxygen atoms in total. The molecule has 0 spiro atoms. The third-order valence-electron chi connectivity index (χ3n) is 5.01. The Bertz CT molecular complexity index is 1200. The molecule has 0 bridgehead atoms. The van der Waals surface area contributed by atoms with Gasteiger partial charge in [0.25, 0.3) is 11.7 Å². The van der Waals surface area contributed by atoms with Crippen molar-refractivity contribution in [1.82, 2.24) is 0 Å². The zero-order chi connectivity index (χ0) is 21.3. The highest BCUT2D eigenvalue weighted by Crippen LogP contribution is 2.29. The van der Waals surface area contributed by atoms with Gasteiger partial charge in [0, 0.05) is 24.1 Å². The molecule has 0 fully saturated rings. The second-order valence-electron chi connectivity index (χ2n) is 7.17. The fraction of sp³-hybridized carbons (Fsp3) is 0.261. The molecule has 0 radical (unpaired) electrons. The summed E-state index contributed by atoms with van der Waals surface area (Å²) in [4.78, 5) is 37.3. The van der Waals surface area contributed by atoms with Crippen molar-refractivity contribution in [1.29, 1.82) is 0 Å². The molecule has 3 aromatic rings. The van der Waals surface area contributed by atoms with E-state index in [0.29, 0.717) is 42.3 Å². The number of anilines is 1. The fourth-order valence-corrected chi connectivity index (χ4v) is 3.51. The van der Waals surface area contributed by atoms with Gasteiger partial charge in [-0.25, -0.2) is 4.79 Å². The number of hydrogen-bond acceptors (Lipinski definition) is 6. The molecule has 0 saturated heterocycles. The topological polar surface area (TPSA) is 86.0 Å². The number of ether oxygens (including phenoxy) is 2. The lowest BCUT2D eigenvalue weighted by atomic mass is 10.1. The summed E-state index contributed by atoms with van der Waals surface area (Å²) in [6, 6.07) is 12.2. The quantitative estimate of drug-likeness (QED) is 0.340. The second-order valence-corrected chi connectivity index (χ2v) is 7.17. The first-order chi connectivity index (χ1) is 14.4. The largest absolute Gasteiger partial charge is 0.491 e. The van der Waals surface area contributed by atoms with Gasteiger partial charge in [0.1, 0.15) is 17.9 Å². The molecule has 1 aliphatic heterocycles. The molecule has 154 valence electrons. The van der Waals surface area contributed by atoms with Crippen LogP contribution in [0.15, 0.2) is 51.7 Å². The third-order valence-corrected chi connectivity index (χ3v) is 5.01. The van der Waals surface area contributed by atoms with Crippen LogP contribution in [0.25, 0.3) is 11.0 Å². The maximum atomic E-state index is 12.2. The van der Waals surface area contributed by atoms with Crippen LogP contribution in [0.4, 0.5) is 5.69 Å². The monoisotopic (exact) mass is 407 g/mol. The Kier molecular flexibility index (Phi) is 5.37. The van der Waals surface area contributed by atoms with E-state index in [1.54, 1.807) is 18.2 Å². The number of carbonyl (C=O) groups excluding carboxylic acids is 2. The van der Waals surface area contributed by atoms with Crippen LogP contribution in [0.3, 0.4) is 0 Å². The first kappa shape index (κ1) is 19.8. The van der Waals surface area contributed by atoms with Gasteiger partial charge in [-0.3, -0.25) is 9.59 Å². The number of rotatable bonds is 7. The van der Waals surface area contributed by atoms with Crippen molar-refractivity contribution < 1.29 is 23.5 Å². The molecule has 4 rings (SSSR count). The van der Waals surface area contributed by atoms with E-state index in [2.05, 4.69) is 0 Å².